The van der Waals surface area contributed by atoms with Crippen LogP contribution in [-0.2, 0) is 11.3 Å². The predicted octanol–water partition coefficient (Wildman–Crippen LogP) is 3.21. The molecule has 0 bridgehead atoms. The molecule has 0 N–H and O–H groups in total. The number of amides is 1. The van der Waals surface area contributed by atoms with E-state index in [0.29, 0.717) is 6.54 Å². The van der Waals surface area contributed by atoms with Crippen LogP contribution in [-0.4, -0.2) is 46.9 Å². The lowest BCUT2D eigenvalue weighted by molar-refractivity contribution is -0.135. The van der Waals surface area contributed by atoms with Gasteiger partial charge in [-0.3, -0.25) is 9.69 Å². The molecule has 2 aromatic heterocycles. The van der Waals surface area contributed by atoms with Gasteiger partial charge in [-0.15, -0.1) is 29.3 Å². The number of nitrogens with zero attached hydrogens (tertiary/aromatic N) is 3. The lowest BCUT2D eigenvalue weighted by Crippen LogP contribution is -2.39. The summed E-state index contributed by atoms with van der Waals surface area (Å²) in [5.74, 6) is 0.496. The molecule has 0 saturated carbocycles. The highest BCUT2D eigenvalue weighted by Crippen LogP contribution is 2.50. The number of thiazole rings is 1. The number of aromatic nitrogens is 1. The molecule has 4 nitrogen and oxygen atoms in total. The SMILES string of the molecule is C=CCN1CC[C@@]2(CN(Cc3cccs3)C[C@H]2c2nccs2)C1=O. The molecule has 2 fully saturated rings. The fourth-order valence-corrected chi connectivity index (χ4v) is 5.72. The van der Waals surface area contributed by atoms with E-state index in [2.05, 4.69) is 34.0 Å². The minimum absolute atomic E-state index is 0.208. The van der Waals surface area contributed by atoms with E-state index in [4.69, 9.17) is 0 Å². The Morgan fingerprint density at radius 2 is 2.33 bits per heavy atom. The average Bonchev–Trinajstić information content (AvgIpc) is 3.34. The van der Waals surface area contributed by atoms with Crippen molar-refractivity contribution in [2.24, 2.45) is 5.41 Å². The molecule has 4 heterocycles. The van der Waals surface area contributed by atoms with Crippen LogP contribution >= 0.6 is 22.7 Å². The monoisotopic (exact) mass is 359 g/mol. The summed E-state index contributed by atoms with van der Waals surface area (Å²) in [5.41, 5.74) is -0.307. The van der Waals surface area contributed by atoms with Gasteiger partial charge in [0.1, 0.15) is 0 Å². The quantitative estimate of drug-likeness (QED) is 0.769. The Morgan fingerprint density at radius 3 is 3.04 bits per heavy atom. The van der Waals surface area contributed by atoms with E-state index >= 15 is 0 Å². The second kappa shape index (κ2) is 6.43. The fraction of sp³-hybridized carbons (Fsp3) is 0.444. The molecule has 126 valence electrons. The van der Waals surface area contributed by atoms with Crippen molar-refractivity contribution in [3.05, 3.63) is 51.6 Å². The standard InChI is InChI=1S/C18H21N3OS2/c1-2-7-21-8-5-18(17(21)22)13-20(11-14-4-3-9-23-14)12-15(18)16-19-6-10-24-16/h2-4,6,9-10,15H,1,5,7-8,11-13H2/t15-,18-/m0/s1. The van der Waals surface area contributed by atoms with Crippen LogP contribution in [0.25, 0.3) is 0 Å². The summed E-state index contributed by atoms with van der Waals surface area (Å²) < 4.78 is 0. The number of likely N-dealkylation sites (tertiary alicyclic amines) is 2. The third-order valence-electron chi connectivity index (χ3n) is 5.21. The zero-order chi connectivity index (χ0) is 16.6. The molecule has 6 heteroatoms. The Bertz CT molecular complexity index is 713. The van der Waals surface area contributed by atoms with Gasteiger partial charge in [-0.1, -0.05) is 12.1 Å². The molecule has 0 radical (unpaired) electrons. The first-order valence-electron chi connectivity index (χ1n) is 8.27. The summed E-state index contributed by atoms with van der Waals surface area (Å²) >= 11 is 3.47. The molecule has 1 amide bonds. The maximum absolute atomic E-state index is 13.2. The van der Waals surface area contributed by atoms with Gasteiger partial charge in [0, 0.05) is 55.1 Å². The molecule has 0 unspecified atom stereocenters. The number of carbonyl (C=O) groups excluding carboxylic acids is 1. The molecule has 2 aromatic rings. The molecule has 2 atom stereocenters. The molecule has 24 heavy (non-hydrogen) atoms. The van der Waals surface area contributed by atoms with E-state index in [1.54, 1.807) is 22.7 Å². The zero-order valence-corrected chi connectivity index (χ0v) is 15.2. The van der Waals surface area contributed by atoms with Gasteiger partial charge in [0.25, 0.3) is 0 Å². The molecular formula is C18H21N3OS2. The van der Waals surface area contributed by atoms with Crippen molar-refractivity contribution in [1.82, 2.24) is 14.8 Å². The number of hydrogen-bond donors (Lipinski definition) is 0. The van der Waals surface area contributed by atoms with Crippen LogP contribution in [0.1, 0.15) is 22.2 Å². The number of rotatable bonds is 5. The van der Waals surface area contributed by atoms with E-state index in [9.17, 15) is 4.79 Å². The van der Waals surface area contributed by atoms with Crippen molar-refractivity contribution in [3.63, 3.8) is 0 Å². The third-order valence-corrected chi connectivity index (χ3v) is 6.96. The number of carbonyl (C=O) groups is 1. The van der Waals surface area contributed by atoms with Crippen LogP contribution in [0.15, 0.2) is 41.7 Å². The van der Waals surface area contributed by atoms with Gasteiger partial charge in [-0.05, 0) is 17.9 Å². The number of thiophene rings is 1. The highest BCUT2D eigenvalue weighted by Gasteiger charge is 2.57. The van der Waals surface area contributed by atoms with E-state index in [-0.39, 0.29) is 17.2 Å². The van der Waals surface area contributed by atoms with Crippen molar-refractivity contribution in [2.45, 2.75) is 18.9 Å². The van der Waals surface area contributed by atoms with E-state index < -0.39 is 0 Å². The second-order valence-electron chi connectivity index (χ2n) is 6.62. The average molecular weight is 360 g/mol. The van der Waals surface area contributed by atoms with Gasteiger partial charge < -0.3 is 4.90 Å². The van der Waals surface area contributed by atoms with E-state index in [0.717, 1.165) is 37.6 Å². The Hall–Kier alpha value is -1.50. The van der Waals surface area contributed by atoms with Crippen LogP contribution in [0.5, 0.6) is 0 Å². The van der Waals surface area contributed by atoms with Crippen molar-refractivity contribution in [1.29, 1.82) is 0 Å². The van der Waals surface area contributed by atoms with Crippen LogP contribution in [0.3, 0.4) is 0 Å². The second-order valence-corrected chi connectivity index (χ2v) is 8.58. The maximum atomic E-state index is 13.2. The van der Waals surface area contributed by atoms with Gasteiger partial charge in [0.2, 0.25) is 5.91 Å². The lowest BCUT2D eigenvalue weighted by atomic mass is 9.77. The maximum Gasteiger partial charge on any atom is 0.231 e. The van der Waals surface area contributed by atoms with Gasteiger partial charge in [-0.2, -0.15) is 0 Å². The van der Waals surface area contributed by atoms with Crippen LogP contribution in [0.4, 0.5) is 0 Å². The van der Waals surface area contributed by atoms with Crippen molar-refractivity contribution >= 4 is 28.6 Å². The highest BCUT2D eigenvalue weighted by molar-refractivity contribution is 7.10. The highest BCUT2D eigenvalue weighted by atomic mass is 32.1. The zero-order valence-electron chi connectivity index (χ0n) is 13.6. The normalized spacial score (nSPS) is 27.4. The molecule has 1 spiro atoms. The Morgan fingerprint density at radius 1 is 1.42 bits per heavy atom. The molecular weight excluding hydrogens is 338 g/mol. The smallest absolute Gasteiger partial charge is 0.231 e. The Kier molecular flexibility index (Phi) is 4.28. The van der Waals surface area contributed by atoms with Crippen molar-refractivity contribution in [2.75, 3.05) is 26.2 Å². The first-order chi connectivity index (χ1) is 11.7. The van der Waals surface area contributed by atoms with Gasteiger partial charge in [0.05, 0.1) is 10.4 Å². The van der Waals surface area contributed by atoms with E-state index in [1.807, 2.05) is 22.6 Å². The minimum Gasteiger partial charge on any atom is -0.338 e. The number of hydrogen-bond acceptors (Lipinski definition) is 5. The minimum atomic E-state index is -0.307. The predicted molar refractivity (Wildman–Crippen MR) is 98.3 cm³/mol. The van der Waals surface area contributed by atoms with Gasteiger partial charge >= 0.3 is 0 Å². The molecule has 2 saturated heterocycles. The topological polar surface area (TPSA) is 36.4 Å². The molecule has 2 aliphatic rings. The molecule has 0 aliphatic carbocycles. The molecule has 4 rings (SSSR count). The van der Waals surface area contributed by atoms with Crippen molar-refractivity contribution in [3.8, 4) is 0 Å². The van der Waals surface area contributed by atoms with Crippen LogP contribution in [0.2, 0.25) is 0 Å². The first-order valence-corrected chi connectivity index (χ1v) is 10.0. The molecule has 2 aliphatic heterocycles. The van der Waals surface area contributed by atoms with E-state index in [1.165, 1.54) is 4.88 Å². The van der Waals surface area contributed by atoms with Crippen LogP contribution in [0, 0.1) is 5.41 Å². The third kappa shape index (κ3) is 2.62. The summed E-state index contributed by atoms with van der Waals surface area (Å²) in [6, 6.07) is 4.27. The molecule has 0 aromatic carbocycles. The Labute approximate surface area is 150 Å². The van der Waals surface area contributed by atoms with Crippen molar-refractivity contribution < 1.29 is 4.79 Å². The largest absolute Gasteiger partial charge is 0.338 e. The first kappa shape index (κ1) is 16.0. The summed E-state index contributed by atoms with van der Waals surface area (Å²) in [6.45, 7) is 7.95. The summed E-state index contributed by atoms with van der Waals surface area (Å²) in [4.78, 5) is 23.5. The fourth-order valence-electron chi connectivity index (χ4n) is 4.13. The van der Waals surface area contributed by atoms with Crippen LogP contribution < -0.4 is 0 Å². The summed E-state index contributed by atoms with van der Waals surface area (Å²) in [6.07, 6.45) is 4.61. The van der Waals surface area contributed by atoms with Gasteiger partial charge in [-0.25, -0.2) is 4.98 Å². The Balaban J connectivity index is 1.62. The summed E-state index contributed by atoms with van der Waals surface area (Å²) in [5, 5.41) is 5.25. The lowest BCUT2D eigenvalue weighted by Gasteiger charge is -2.27. The summed E-state index contributed by atoms with van der Waals surface area (Å²) in [7, 11) is 0. The van der Waals surface area contributed by atoms with Gasteiger partial charge in [0.15, 0.2) is 0 Å².